The van der Waals surface area contributed by atoms with Crippen molar-refractivity contribution in [3.63, 3.8) is 0 Å². The van der Waals surface area contributed by atoms with Gasteiger partial charge in [0.05, 0.1) is 12.2 Å². The third-order valence-corrected chi connectivity index (χ3v) is 4.23. The largest absolute Gasteiger partial charge is 0.293 e. The number of aromatic nitrogens is 2. The molecule has 0 aromatic carbocycles. The van der Waals surface area contributed by atoms with E-state index in [1.54, 1.807) is 10.9 Å². The fourth-order valence-electron chi connectivity index (χ4n) is 3.22. The normalized spacial score (nSPS) is 29.9. The average Bonchev–Trinajstić information content (AvgIpc) is 2.93. The molecular formula is C13H18F2N2. The van der Waals surface area contributed by atoms with Crippen LogP contribution < -0.4 is 0 Å². The van der Waals surface area contributed by atoms with Gasteiger partial charge in [-0.2, -0.15) is 13.9 Å². The molecule has 0 amide bonds. The first-order chi connectivity index (χ1) is 8.11. The lowest BCUT2D eigenvalue weighted by Crippen LogP contribution is -2.23. The molecule has 1 saturated carbocycles. The second-order valence-corrected chi connectivity index (χ2v) is 5.32. The molecule has 4 heteroatoms. The zero-order chi connectivity index (χ0) is 12.2. The topological polar surface area (TPSA) is 17.8 Å². The molecule has 2 nitrogen and oxygen atoms in total. The summed E-state index contributed by atoms with van der Waals surface area (Å²) in [5, 5.41) is 4.24. The van der Waals surface area contributed by atoms with Gasteiger partial charge < -0.3 is 0 Å². The fraction of sp³-hybridized carbons (Fsp3) is 0.769. The molecule has 3 atom stereocenters. The maximum Gasteiger partial charge on any atom is 0.293 e. The molecule has 1 aromatic heterocycles. The molecule has 0 radical (unpaired) electrons. The van der Waals surface area contributed by atoms with Gasteiger partial charge in [0, 0.05) is 11.5 Å². The zero-order valence-corrected chi connectivity index (χ0v) is 10.3. The summed E-state index contributed by atoms with van der Waals surface area (Å²) in [7, 11) is 0. The molecule has 0 N–H and O–H groups in total. The maximum absolute atomic E-state index is 14.1. The Morgan fingerprint density at radius 1 is 1.53 bits per heavy atom. The molecule has 94 valence electrons. The van der Waals surface area contributed by atoms with Crippen molar-refractivity contribution in [2.75, 3.05) is 0 Å². The molecule has 1 fully saturated rings. The number of rotatable bonds is 4. The second-order valence-electron chi connectivity index (χ2n) is 5.32. The van der Waals surface area contributed by atoms with Crippen LogP contribution in [0, 0.1) is 5.92 Å². The highest BCUT2D eigenvalue weighted by molar-refractivity contribution is 5.41. The first kappa shape index (κ1) is 11.2. The van der Waals surface area contributed by atoms with E-state index in [0.717, 1.165) is 24.8 Å². The highest BCUT2D eigenvalue weighted by atomic mass is 19.3. The van der Waals surface area contributed by atoms with Gasteiger partial charge >= 0.3 is 0 Å². The van der Waals surface area contributed by atoms with E-state index in [0.29, 0.717) is 6.42 Å². The van der Waals surface area contributed by atoms with Crippen LogP contribution in [0.15, 0.2) is 6.20 Å². The Balaban J connectivity index is 2.01. The third kappa shape index (κ3) is 1.39. The van der Waals surface area contributed by atoms with Crippen molar-refractivity contribution in [2.45, 2.75) is 57.4 Å². The van der Waals surface area contributed by atoms with E-state index >= 15 is 0 Å². The Hall–Kier alpha value is -0.930. The van der Waals surface area contributed by atoms with E-state index in [1.165, 1.54) is 0 Å². The minimum Gasteiger partial charge on any atom is -0.260 e. The van der Waals surface area contributed by atoms with Crippen LogP contribution in [0.1, 0.15) is 62.7 Å². The number of halogens is 2. The first-order valence-corrected chi connectivity index (χ1v) is 6.56. The van der Waals surface area contributed by atoms with Crippen molar-refractivity contribution >= 4 is 0 Å². The molecule has 3 rings (SSSR count). The van der Waals surface area contributed by atoms with Crippen molar-refractivity contribution in [1.82, 2.24) is 9.78 Å². The lowest BCUT2D eigenvalue weighted by molar-refractivity contribution is -0.0325. The van der Waals surface area contributed by atoms with Crippen molar-refractivity contribution in [3.8, 4) is 0 Å². The molecular weight excluding hydrogens is 222 g/mol. The van der Waals surface area contributed by atoms with Crippen LogP contribution >= 0.6 is 0 Å². The van der Waals surface area contributed by atoms with E-state index in [9.17, 15) is 8.78 Å². The Kier molecular flexibility index (Phi) is 2.32. The average molecular weight is 240 g/mol. The molecule has 2 aliphatic carbocycles. The maximum atomic E-state index is 14.1. The zero-order valence-electron chi connectivity index (χ0n) is 10.3. The number of hydrogen-bond donors (Lipinski definition) is 0. The van der Waals surface area contributed by atoms with Crippen LogP contribution in [0.4, 0.5) is 8.78 Å². The Morgan fingerprint density at radius 2 is 2.29 bits per heavy atom. The van der Waals surface area contributed by atoms with Gasteiger partial charge in [0.2, 0.25) is 0 Å². The molecule has 2 aliphatic rings. The lowest BCUT2D eigenvalue weighted by Gasteiger charge is -2.21. The van der Waals surface area contributed by atoms with Gasteiger partial charge in [-0.25, -0.2) is 0 Å². The Morgan fingerprint density at radius 3 is 2.94 bits per heavy atom. The predicted octanol–water partition coefficient (Wildman–Crippen LogP) is 3.84. The minimum absolute atomic E-state index is 0.0906. The molecule has 0 aliphatic heterocycles. The van der Waals surface area contributed by atoms with Crippen LogP contribution in [0.5, 0.6) is 0 Å². The number of fused-ring (bicyclic) bond motifs is 3. The van der Waals surface area contributed by atoms with Gasteiger partial charge in [0.25, 0.3) is 5.92 Å². The van der Waals surface area contributed by atoms with Crippen LogP contribution in [-0.4, -0.2) is 9.78 Å². The number of hydrogen-bond acceptors (Lipinski definition) is 1. The van der Waals surface area contributed by atoms with E-state index in [2.05, 4.69) is 12.0 Å². The summed E-state index contributed by atoms with van der Waals surface area (Å²) in [5.41, 5.74) is 1.04. The summed E-state index contributed by atoms with van der Waals surface area (Å²) < 4.78 is 29.9. The third-order valence-electron chi connectivity index (χ3n) is 4.23. The van der Waals surface area contributed by atoms with E-state index in [1.807, 2.05) is 6.92 Å². The van der Waals surface area contributed by atoms with Crippen LogP contribution in [0.2, 0.25) is 0 Å². The minimum atomic E-state index is -2.64. The summed E-state index contributed by atoms with van der Waals surface area (Å²) in [4.78, 5) is 0. The van der Waals surface area contributed by atoms with Gasteiger partial charge in [0.1, 0.15) is 5.69 Å². The first-order valence-electron chi connectivity index (χ1n) is 6.56. The summed E-state index contributed by atoms with van der Waals surface area (Å²) in [6.45, 7) is 4.13. The van der Waals surface area contributed by atoms with E-state index in [4.69, 9.17) is 0 Å². The fourth-order valence-corrected chi connectivity index (χ4v) is 3.22. The Bertz CT molecular complexity index is 439. The SMILES string of the molecule is CCCC(CC)n1ncc2c1C(F)(F)[C@@H]1C[C@H]21. The molecule has 17 heavy (non-hydrogen) atoms. The summed E-state index contributed by atoms with van der Waals surface area (Å²) in [6.07, 6.45) is 5.13. The highest BCUT2D eigenvalue weighted by Gasteiger charge is 2.65. The van der Waals surface area contributed by atoms with Crippen molar-refractivity contribution in [1.29, 1.82) is 0 Å². The van der Waals surface area contributed by atoms with Gasteiger partial charge in [0.15, 0.2) is 0 Å². The number of nitrogens with zero attached hydrogens (tertiary/aromatic N) is 2. The van der Waals surface area contributed by atoms with E-state index < -0.39 is 11.8 Å². The standard InChI is InChI=1S/C13H18F2N2/c1-3-5-8(4-2)17-12-10(7-16-17)9-6-11(9)13(12,14)15/h7-9,11H,3-6H2,1-2H3/t8?,9-,11-/m1/s1. The van der Waals surface area contributed by atoms with Crippen LogP contribution in [-0.2, 0) is 5.92 Å². The van der Waals surface area contributed by atoms with Gasteiger partial charge in [-0.15, -0.1) is 0 Å². The van der Waals surface area contributed by atoms with Gasteiger partial charge in [-0.1, -0.05) is 20.3 Å². The highest BCUT2D eigenvalue weighted by Crippen LogP contribution is 2.67. The predicted molar refractivity (Wildman–Crippen MR) is 61.2 cm³/mol. The Labute approximate surface area is 100 Å². The quantitative estimate of drug-likeness (QED) is 0.781. The molecule has 1 unspecified atom stereocenters. The lowest BCUT2D eigenvalue weighted by atomic mass is 10.1. The van der Waals surface area contributed by atoms with Crippen molar-refractivity contribution in [3.05, 3.63) is 17.5 Å². The number of alkyl halides is 2. The second kappa shape index (κ2) is 3.53. The molecule has 1 heterocycles. The van der Waals surface area contributed by atoms with Gasteiger partial charge in [-0.05, 0) is 25.2 Å². The van der Waals surface area contributed by atoms with Crippen LogP contribution in [0.3, 0.4) is 0 Å². The molecule has 1 aromatic rings. The van der Waals surface area contributed by atoms with Crippen molar-refractivity contribution in [2.24, 2.45) is 5.92 Å². The molecule has 0 saturated heterocycles. The van der Waals surface area contributed by atoms with Gasteiger partial charge in [-0.3, -0.25) is 4.68 Å². The monoisotopic (exact) mass is 240 g/mol. The summed E-state index contributed by atoms with van der Waals surface area (Å²) in [5.74, 6) is -2.98. The molecule has 0 spiro atoms. The smallest absolute Gasteiger partial charge is 0.260 e. The molecule has 0 bridgehead atoms. The van der Waals surface area contributed by atoms with Crippen LogP contribution in [0.25, 0.3) is 0 Å². The van der Waals surface area contributed by atoms with Crippen molar-refractivity contribution < 1.29 is 8.78 Å². The summed E-state index contributed by atoms with van der Waals surface area (Å²) in [6, 6.07) is 0.132. The van der Waals surface area contributed by atoms with E-state index in [-0.39, 0.29) is 17.7 Å². The summed E-state index contributed by atoms with van der Waals surface area (Å²) >= 11 is 0.